The van der Waals surface area contributed by atoms with Gasteiger partial charge in [-0.05, 0) is 43.4 Å². The summed E-state index contributed by atoms with van der Waals surface area (Å²) in [6, 6.07) is 4.70. The minimum atomic E-state index is -3.66. The zero-order chi connectivity index (χ0) is 16.5. The van der Waals surface area contributed by atoms with Crippen molar-refractivity contribution in [2.24, 2.45) is 5.92 Å². The number of rotatable bonds is 4. The average Bonchev–Trinajstić information content (AvgIpc) is 2.48. The molecule has 0 radical (unpaired) electrons. The van der Waals surface area contributed by atoms with E-state index in [9.17, 15) is 18.3 Å². The minimum Gasteiger partial charge on any atom is -0.479 e. The first kappa shape index (κ1) is 17.2. The molecule has 22 heavy (non-hydrogen) atoms. The summed E-state index contributed by atoms with van der Waals surface area (Å²) in [5.41, 5.74) is 0.608. The fourth-order valence-corrected chi connectivity index (χ4v) is 4.58. The van der Waals surface area contributed by atoms with Gasteiger partial charge in [0.1, 0.15) is 0 Å². The number of sulfonamides is 1. The van der Waals surface area contributed by atoms with Crippen LogP contribution in [0.1, 0.15) is 18.4 Å². The van der Waals surface area contributed by atoms with E-state index in [-0.39, 0.29) is 18.0 Å². The second-order valence-electron chi connectivity index (χ2n) is 5.43. The molecule has 1 heterocycles. The number of aliphatic hydroxyl groups excluding tert-OH is 1. The number of halogens is 1. The molecular weight excluding hydrogens is 330 g/mol. The van der Waals surface area contributed by atoms with Crippen LogP contribution in [0.25, 0.3) is 0 Å². The number of hydrogen-bond donors (Lipinski definition) is 2. The van der Waals surface area contributed by atoms with Gasteiger partial charge in [-0.3, -0.25) is 0 Å². The molecule has 0 amide bonds. The zero-order valence-corrected chi connectivity index (χ0v) is 13.6. The highest BCUT2D eigenvalue weighted by Crippen LogP contribution is 2.28. The largest absolute Gasteiger partial charge is 0.479 e. The number of nitrogens with zero attached hydrogens (tertiary/aromatic N) is 1. The predicted molar refractivity (Wildman–Crippen MR) is 81.3 cm³/mol. The molecule has 2 rings (SSSR count). The average molecular weight is 348 g/mol. The van der Waals surface area contributed by atoms with Crippen molar-refractivity contribution in [1.29, 1.82) is 0 Å². The van der Waals surface area contributed by atoms with Crippen molar-refractivity contribution in [3.05, 3.63) is 28.8 Å². The van der Waals surface area contributed by atoms with Crippen LogP contribution in [0, 0.1) is 12.8 Å². The van der Waals surface area contributed by atoms with E-state index >= 15 is 0 Å². The zero-order valence-electron chi connectivity index (χ0n) is 12.1. The summed E-state index contributed by atoms with van der Waals surface area (Å²) in [6.07, 6.45) is -0.823. The highest BCUT2D eigenvalue weighted by atomic mass is 35.5. The lowest BCUT2D eigenvalue weighted by Gasteiger charge is -2.32. The molecule has 1 atom stereocenters. The van der Waals surface area contributed by atoms with Crippen LogP contribution < -0.4 is 0 Å². The van der Waals surface area contributed by atoms with E-state index in [0.717, 1.165) is 0 Å². The number of carboxylic acids is 1. The highest BCUT2D eigenvalue weighted by molar-refractivity contribution is 7.89. The standard InChI is InChI=1S/C14H18ClNO5S/c1-9-2-3-11(15)8-12(9)22(20,21)16-6-4-10(5-7-16)13(17)14(18)19/h2-3,8,10,13,17H,4-7H2,1H3,(H,18,19). The Morgan fingerprint density at radius 2 is 1.95 bits per heavy atom. The predicted octanol–water partition coefficient (Wildman–Crippen LogP) is 1.49. The molecule has 1 aromatic rings. The lowest BCUT2D eigenvalue weighted by Crippen LogP contribution is -2.43. The third-order valence-electron chi connectivity index (χ3n) is 3.97. The monoisotopic (exact) mass is 347 g/mol. The first-order valence-corrected chi connectivity index (χ1v) is 8.72. The number of piperidine rings is 1. The summed E-state index contributed by atoms with van der Waals surface area (Å²) in [5, 5.41) is 18.7. The van der Waals surface area contributed by atoms with Crippen LogP contribution in [-0.2, 0) is 14.8 Å². The Balaban J connectivity index is 2.16. The summed E-state index contributed by atoms with van der Waals surface area (Å²) in [6.45, 7) is 2.07. The Morgan fingerprint density at radius 3 is 2.50 bits per heavy atom. The van der Waals surface area contributed by atoms with Crippen LogP contribution in [-0.4, -0.2) is 48.1 Å². The van der Waals surface area contributed by atoms with E-state index < -0.39 is 28.0 Å². The highest BCUT2D eigenvalue weighted by Gasteiger charge is 2.34. The molecule has 8 heteroatoms. The molecule has 1 aliphatic rings. The number of aryl methyl sites for hydroxylation is 1. The lowest BCUT2D eigenvalue weighted by molar-refractivity contribution is -0.150. The normalized spacial score (nSPS) is 19.0. The van der Waals surface area contributed by atoms with Crippen molar-refractivity contribution in [1.82, 2.24) is 4.31 Å². The van der Waals surface area contributed by atoms with Crippen molar-refractivity contribution in [2.45, 2.75) is 30.8 Å². The third kappa shape index (κ3) is 3.43. The summed E-state index contributed by atoms with van der Waals surface area (Å²) in [5.74, 6) is -1.70. The first-order valence-electron chi connectivity index (χ1n) is 6.90. The molecule has 1 unspecified atom stereocenters. The molecule has 1 aliphatic heterocycles. The van der Waals surface area contributed by atoms with Crippen molar-refractivity contribution < 1.29 is 23.4 Å². The molecule has 0 saturated carbocycles. The Morgan fingerprint density at radius 1 is 1.36 bits per heavy atom. The van der Waals surface area contributed by atoms with Gasteiger partial charge in [-0.25, -0.2) is 13.2 Å². The Hall–Kier alpha value is -1.15. The van der Waals surface area contributed by atoms with Crippen molar-refractivity contribution in [3.8, 4) is 0 Å². The second-order valence-corrected chi connectivity index (χ2v) is 7.78. The quantitative estimate of drug-likeness (QED) is 0.860. The van der Waals surface area contributed by atoms with Gasteiger partial charge < -0.3 is 10.2 Å². The van der Waals surface area contributed by atoms with Crippen molar-refractivity contribution >= 4 is 27.6 Å². The molecule has 0 aliphatic carbocycles. The molecule has 1 saturated heterocycles. The molecule has 0 aromatic heterocycles. The van der Waals surface area contributed by atoms with E-state index in [4.69, 9.17) is 16.7 Å². The third-order valence-corrected chi connectivity index (χ3v) is 6.24. The number of carboxylic acid groups (broad SMARTS) is 1. The van der Waals surface area contributed by atoms with Gasteiger partial charge in [-0.1, -0.05) is 17.7 Å². The second kappa shape index (κ2) is 6.54. The van der Waals surface area contributed by atoms with E-state index in [2.05, 4.69) is 0 Å². The number of benzene rings is 1. The summed E-state index contributed by atoms with van der Waals surface area (Å²) < 4.78 is 26.6. The summed E-state index contributed by atoms with van der Waals surface area (Å²) in [7, 11) is -3.66. The minimum absolute atomic E-state index is 0.164. The van der Waals surface area contributed by atoms with Crippen LogP contribution in [0.2, 0.25) is 5.02 Å². The van der Waals surface area contributed by atoms with Crippen LogP contribution >= 0.6 is 11.6 Å². The van der Waals surface area contributed by atoms with Gasteiger partial charge in [-0.15, -0.1) is 0 Å². The summed E-state index contributed by atoms with van der Waals surface area (Å²) >= 11 is 5.88. The molecule has 2 N–H and O–H groups in total. The molecule has 6 nitrogen and oxygen atoms in total. The van der Waals surface area contributed by atoms with Crippen molar-refractivity contribution in [3.63, 3.8) is 0 Å². The Kier molecular flexibility index (Phi) is 5.11. The first-order chi connectivity index (χ1) is 10.2. The molecular formula is C14H18ClNO5S. The Bertz CT molecular complexity index is 668. The van der Waals surface area contributed by atoms with Crippen molar-refractivity contribution in [2.75, 3.05) is 13.1 Å². The number of aliphatic hydroxyl groups is 1. The topological polar surface area (TPSA) is 94.9 Å². The number of aliphatic carboxylic acids is 1. The van der Waals surface area contributed by atoms with Gasteiger partial charge in [-0.2, -0.15) is 4.31 Å². The van der Waals surface area contributed by atoms with Crippen LogP contribution in [0.4, 0.5) is 0 Å². The maximum Gasteiger partial charge on any atom is 0.332 e. The maximum atomic E-state index is 12.7. The van der Waals surface area contributed by atoms with Crippen LogP contribution in [0.3, 0.4) is 0 Å². The van der Waals surface area contributed by atoms with Gasteiger partial charge in [0.25, 0.3) is 0 Å². The lowest BCUT2D eigenvalue weighted by atomic mass is 9.92. The van der Waals surface area contributed by atoms with Gasteiger partial charge in [0.05, 0.1) is 4.90 Å². The van der Waals surface area contributed by atoms with Gasteiger partial charge in [0, 0.05) is 18.1 Å². The fraction of sp³-hybridized carbons (Fsp3) is 0.500. The van der Waals surface area contributed by atoms with Gasteiger partial charge >= 0.3 is 5.97 Å². The Labute approximate surface area is 134 Å². The maximum absolute atomic E-state index is 12.7. The molecule has 122 valence electrons. The SMILES string of the molecule is Cc1ccc(Cl)cc1S(=O)(=O)N1CCC(C(O)C(=O)O)CC1. The van der Waals surface area contributed by atoms with E-state index in [1.807, 2.05) is 0 Å². The van der Waals surface area contributed by atoms with Crippen LogP contribution in [0.15, 0.2) is 23.1 Å². The molecule has 0 spiro atoms. The van der Waals surface area contributed by atoms with Gasteiger partial charge in [0.15, 0.2) is 6.10 Å². The van der Waals surface area contributed by atoms with E-state index in [1.165, 1.54) is 10.4 Å². The molecule has 1 aromatic carbocycles. The van der Waals surface area contributed by atoms with E-state index in [1.54, 1.807) is 19.1 Å². The summed E-state index contributed by atoms with van der Waals surface area (Å²) in [4.78, 5) is 10.9. The molecule has 0 bridgehead atoms. The van der Waals surface area contributed by atoms with Crippen LogP contribution in [0.5, 0.6) is 0 Å². The number of carbonyl (C=O) groups is 1. The van der Waals surface area contributed by atoms with Gasteiger partial charge in [0.2, 0.25) is 10.0 Å². The van der Waals surface area contributed by atoms with E-state index in [0.29, 0.717) is 23.4 Å². The molecule has 1 fully saturated rings. The smallest absolute Gasteiger partial charge is 0.332 e. The number of hydrogen-bond acceptors (Lipinski definition) is 4. The fourth-order valence-electron chi connectivity index (χ4n) is 2.62.